The van der Waals surface area contributed by atoms with Crippen LogP contribution in [0.2, 0.25) is 0 Å². The summed E-state index contributed by atoms with van der Waals surface area (Å²) < 4.78 is 1.47. The highest BCUT2D eigenvalue weighted by atomic mass is 16.2. The molecule has 0 atom stereocenters. The molecule has 0 spiro atoms. The van der Waals surface area contributed by atoms with Crippen LogP contribution in [0.5, 0.6) is 0 Å². The molecule has 0 bridgehead atoms. The predicted octanol–water partition coefficient (Wildman–Crippen LogP) is 1.63. The van der Waals surface area contributed by atoms with Crippen LogP contribution in [-0.2, 0) is 0 Å². The fourth-order valence-corrected chi connectivity index (χ4v) is 1.92. The van der Waals surface area contributed by atoms with E-state index in [0.717, 1.165) is 6.54 Å². The van der Waals surface area contributed by atoms with Crippen molar-refractivity contribution in [3.63, 3.8) is 0 Å². The molecule has 1 saturated carbocycles. The molecule has 1 aromatic rings. The predicted molar refractivity (Wildman–Crippen MR) is 53.0 cm³/mol. The van der Waals surface area contributed by atoms with Crippen LogP contribution >= 0.6 is 0 Å². The number of aromatic nitrogens is 2. The average molecular weight is 193 g/mol. The first-order chi connectivity index (χ1) is 6.86. The molecule has 4 heteroatoms. The summed E-state index contributed by atoms with van der Waals surface area (Å²) in [7, 11) is 0. The van der Waals surface area contributed by atoms with E-state index in [1.165, 1.54) is 36.6 Å². The van der Waals surface area contributed by atoms with Gasteiger partial charge in [-0.25, -0.2) is 9.78 Å². The second-order valence-electron chi connectivity index (χ2n) is 3.81. The Bertz CT molecular complexity index is 288. The minimum Gasteiger partial charge on any atom is -0.337 e. The van der Waals surface area contributed by atoms with Crippen molar-refractivity contribution in [3.05, 3.63) is 18.7 Å². The third-order valence-electron chi connectivity index (χ3n) is 2.76. The molecule has 1 aliphatic rings. The van der Waals surface area contributed by atoms with Crippen molar-refractivity contribution in [1.82, 2.24) is 14.9 Å². The lowest BCUT2D eigenvalue weighted by atomic mass is 10.1. The van der Waals surface area contributed by atoms with Crippen LogP contribution in [0.25, 0.3) is 0 Å². The molecule has 0 aliphatic heterocycles. The molecular formula is C10H15N3O. The van der Waals surface area contributed by atoms with Gasteiger partial charge in [0.2, 0.25) is 0 Å². The van der Waals surface area contributed by atoms with E-state index in [-0.39, 0.29) is 6.03 Å². The highest BCUT2D eigenvalue weighted by molar-refractivity contribution is 5.76. The fourth-order valence-electron chi connectivity index (χ4n) is 1.92. The molecule has 1 N–H and O–H groups in total. The van der Waals surface area contributed by atoms with Crippen LogP contribution in [0.1, 0.15) is 25.7 Å². The summed E-state index contributed by atoms with van der Waals surface area (Å²) >= 11 is 0. The second kappa shape index (κ2) is 4.26. The van der Waals surface area contributed by atoms with Gasteiger partial charge in [-0.15, -0.1) is 0 Å². The van der Waals surface area contributed by atoms with Crippen molar-refractivity contribution in [3.8, 4) is 0 Å². The summed E-state index contributed by atoms with van der Waals surface area (Å²) in [5, 5.41) is 2.91. The molecule has 2 rings (SSSR count). The minimum absolute atomic E-state index is 0.0746. The van der Waals surface area contributed by atoms with E-state index in [1.807, 2.05) is 0 Å². The van der Waals surface area contributed by atoms with Gasteiger partial charge in [-0.1, -0.05) is 12.8 Å². The molecule has 14 heavy (non-hydrogen) atoms. The number of rotatable bonds is 2. The van der Waals surface area contributed by atoms with Gasteiger partial charge in [0.1, 0.15) is 6.33 Å². The van der Waals surface area contributed by atoms with Gasteiger partial charge in [-0.3, -0.25) is 4.57 Å². The number of hydrogen-bond donors (Lipinski definition) is 1. The Morgan fingerprint density at radius 1 is 1.50 bits per heavy atom. The first-order valence-corrected chi connectivity index (χ1v) is 5.12. The average Bonchev–Trinajstić information content (AvgIpc) is 2.87. The number of nitrogens with zero attached hydrogens (tertiary/aromatic N) is 2. The smallest absolute Gasteiger partial charge is 0.326 e. The van der Waals surface area contributed by atoms with Gasteiger partial charge in [0.25, 0.3) is 0 Å². The molecule has 1 amide bonds. The Kier molecular flexibility index (Phi) is 2.81. The summed E-state index contributed by atoms with van der Waals surface area (Å²) in [6.45, 7) is 0.803. The van der Waals surface area contributed by atoms with Crippen LogP contribution in [0.15, 0.2) is 18.7 Å². The molecule has 0 aromatic carbocycles. The standard InChI is InChI=1S/C10H15N3O/c14-10(13-6-5-11-8-13)12-7-9-3-1-2-4-9/h5-6,8-9H,1-4,7H2,(H,12,14). The van der Waals surface area contributed by atoms with Crippen LogP contribution in [0.4, 0.5) is 4.79 Å². The topological polar surface area (TPSA) is 46.9 Å². The van der Waals surface area contributed by atoms with E-state index < -0.39 is 0 Å². The van der Waals surface area contributed by atoms with Gasteiger partial charge < -0.3 is 5.32 Å². The monoisotopic (exact) mass is 193 g/mol. The lowest BCUT2D eigenvalue weighted by Crippen LogP contribution is -2.31. The lowest BCUT2D eigenvalue weighted by molar-refractivity contribution is 0.240. The Morgan fingerprint density at radius 2 is 2.29 bits per heavy atom. The Hall–Kier alpha value is -1.32. The van der Waals surface area contributed by atoms with Crippen molar-refractivity contribution in [1.29, 1.82) is 0 Å². The number of carbonyl (C=O) groups is 1. The van der Waals surface area contributed by atoms with Crippen molar-refractivity contribution in [2.45, 2.75) is 25.7 Å². The molecule has 1 aliphatic carbocycles. The third kappa shape index (κ3) is 2.13. The summed E-state index contributed by atoms with van der Waals surface area (Å²) in [6, 6.07) is -0.0746. The SMILES string of the molecule is O=C(NCC1CCCC1)n1ccnc1. The fraction of sp³-hybridized carbons (Fsp3) is 0.600. The number of nitrogens with one attached hydrogen (secondary N) is 1. The molecule has 0 radical (unpaired) electrons. The van der Waals surface area contributed by atoms with Crippen molar-refractivity contribution < 1.29 is 4.79 Å². The zero-order valence-electron chi connectivity index (χ0n) is 8.15. The molecule has 1 heterocycles. The van der Waals surface area contributed by atoms with Gasteiger partial charge in [0.05, 0.1) is 0 Å². The van der Waals surface area contributed by atoms with Crippen LogP contribution in [-0.4, -0.2) is 22.1 Å². The molecule has 1 fully saturated rings. The largest absolute Gasteiger partial charge is 0.337 e. The van der Waals surface area contributed by atoms with Crippen LogP contribution in [0, 0.1) is 5.92 Å². The first kappa shape index (κ1) is 9.24. The molecule has 4 nitrogen and oxygen atoms in total. The van der Waals surface area contributed by atoms with Gasteiger partial charge in [-0.05, 0) is 18.8 Å². The van der Waals surface area contributed by atoms with E-state index in [9.17, 15) is 4.79 Å². The summed E-state index contributed by atoms with van der Waals surface area (Å²) in [4.78, 5) is 15.3. The van der Waals surface area contributed by atoms with Gasteiger partial charge in [-0.2, -0.15) is 0 Å². The maximum Gasteiger partial charge on any atom is 0.326 e. The van der Waals surface area contributed by atoms with Crippen LogP contribution in [0.3, 0.4) is 0 Å². The maximum absolute atomic E-state index is 11.5. The zero-order chi connectivity index (χ0) is 9.80. The molecule has 76 valence electrons. The number of hydrogen-bond acceptors (Lipinski definition) is 2. The van der Waals surface area contributed by atoms with Crippen molar-refractivity contribution in [2.24, 2.45) is 5.92 Å². The first-order valence-electron chi connectivity index (χ1n) is 5.12. The van der Waals surface area contributed by atoms with Crippen LogP contribution < -0.4 is 5.32 Å². The molecule has 0 unspecified atom stereocenters. The third-order valence-corrected chi connectivity index (χ3v) is 2.76. The second-order valence-corrected chi connectivity index (χ2v) is 3.81. The number of amides is 1. The minimum atomic E-state index is -0.0746. The van der Waals surface area contributed by atoms with Crippen molar-refractivity contribution >= 4 is 6.03 Å². The summed E-state index contributed by atoms with van der Waals surface area (Å²) in [5.41, 5.74) is 0. The molecule has 1 aromatic heterocycles. The molecule has 0 saturated heterocycles. The molecular weight excluding hydrogens is 178 g/mol. The van der Waals surface area contributed by atoms with Gasteiger partial charge in [0.15, 0.2) is 0 Å². The van der Waals surface area contributed by atoms with Gasteiger partial charge in [0, 0.05) is 18.9 Å². The Morgan fingerprint density at radius 3 is 2.93 bits per heavy atom. The van der Waals surface area contributed by atoms with E-state index in [2.05, 4.69) is 10.3 Å². The highest BCUT2D eigenvalue weighted by Crippen LogP contribution is 2.23. The Balaban J connectivity index is 1.78. The summed E-state index contributed by atoms with van der Waals surface area (Å²) in [6.07, 6.45) is 9.91. The zero-order valence-corrected chi connectivity index (χ0v) is 8.15. The van der Waals surface area contributed by atoms with E-state index >= 15 is 0 Å². The van der Waals surface area contributed by atoms with E-state index in [4.69, 9.17) is 0 Å². The quantitative estimate of drug-likeness (QED) is 0.776. The van der Waals surface area contributed by atoms with E-state index in [0.29, 0.717) is 5.92 Å². The Labute approximate surface area is 83.3 Å². The maximum atomic E-state index is 11.5. The normalized spacial score (nSPS) is 17.1. The number of carbonyl (C=O) groups excluding carboxylic acids is 1. The number of imidazole rings is 1. The van der Waals surface area contributed by atoms with Crippen molar-refractivity contribution in [2.75, 3.05) is 6.54 Å². The van der Waals surface area contributed by atoms with E-state index in [1.54, 1.807) is 12.4 Å². The highest BCUT2D eigenvalue weighted by Gasteiger charge is 2.15. The summed E-state index contributed by atoms with van der Waals surface area (Å²) in [5.74, 6) is 0.683. The van der Waals surface area contributed by atoms with Gasteiger partial charge >= 0.3 is 6.03 Å². The lowest BCUT2D eigenvalue weighted by Gasteiger charge is -2.10.